The Labute approximate surface area is 103 Å². The molecule has 98 valence electrons. The van der Waals surface area contributed by atoms with Gasteiger partial charge in [-0.2, -0.15) is 0 Å². The molecule has 0 saturated carbocycles. The van der Waals surface area contributed by atoms with Crippen molar-refractivity contribution < 1.29 is 23.9 Å². The lowest BCUT2D eigenvalue weighted by atomic mass is 10.1. The van der Waals surface area contributed by atoms with Gasteiger partial charge >= 0.3 is 11.7 Å². The highest BCUT2D eigenvalue weighted by Crippen LogP contribution is 2.38. The van der Waals surface area contributed by atoms with Gasteiger partial charge in [0, 0.05) is 6.07 Å². The Kier molecular flexibility index (Phi) is 4.47. The average molecular weight is 255 g/mol. The summed E-state index contributed by atoms with van der Waals surface area (Å²) in [5, 5.41) is 10.9. The standard InChI is InChI=1S/C11H13NO6/c1-4-18-10-8(12(14)15)5-7(11(13)17-3)6-9(10)16-2/h5-6H,4H2,1-3H3. The Morgan fingerprint density at radius 2 is 2.06 bits per heavy atom. The number of ether oxygens (including phenoxy) is 3. The normalized spacial score (nSPS) is 9.72. The maximum absolute atomic E-state index is 11.4. The van der Waals surface area contributed by atoms with Crippen molar-refractivity contribution in [1.82, 2.24) is 0 Å². The van der Waals surface area contributed by atoms with E-state index in [1.807, 2.05) is 0 Å². The van der Waals surface area contributed by atoms with Gasteiger partial charge in [0.05, 0.1) is 31.3 Å². The van der Waals surface area contributed by atoms with Crippen molar-refractivity contribution >= 4 is 11.7 Å². The second kappa shape index (κ2) is 5.85. The van der Waals surface area contributed by atoms with E-state index in [-0.39, 0.29) is 29.4 Å². The molecule has 0 heterocycles. The van der Waals surface area contributed by atoms with E-state index in [1.165, 1.54) is 20.3 Å². The Bertz CT molecular complexity index is 471. The molecule has 0 unspecified atom stereocenters. The van der Waals surface area contributed by atoms with Crippen LogP contribution in [0.25, 0.3) is 0 Å². The fraction of sp³-hybridized carbons (Fsp3) is 0.364. The maximum Gasteiger partial charge on any atom is 0.338 e. The summed E-state index contributed by atoms with van der Waals surface area (Å²) >= 11 is 0. The first-order chi connectivity index (χ1) is 8.54. The number of carbonyl (C=O) groups excluding carboxylic acids is 1. The Balaban J connectivity index is 3.42. The number of methoxy groups -OCH3 is 2. The number of esters is 1. The summed E-state index contributed by atoms with van der Waals surface area (Å²) in [5.74, 6) is -0.566. The van der Waals surface area contributed by atoms with Crippen LogP contribution in [0.1, 0.15) is 17.3 Å². The number of nitrogens with zero attached hydrogens (tertiary/aromatic N) is 1. The van der Waals surface area contributed by atoms with E-state index in [9.17, 15) is 14.9 Å². The molecule has 0 amide bonds. The number of hydrogen-bond donors (Lipinski definition) is 0. The molecule has 0 aromatic heterocycles. The second-order valence-electron chi connectivity index (χ2n) is 3.21. The van der Waals surface area contributed by atoms with E-state index >= 15 is 0 Å². The summed E-state index contributed by atoms with van der Waals surface area (Å²) in [6, 6.07) is 2.43. The molecule has 0 spiro atoms. The average Bonchev–Trinajstić information content (AvgIpc) is 2.37. The summed E-state index contributed by atoms with van der Waals surface area (Å²) in [6.07, 6.45) is 0. The van der Waals surface area contributed by atoms with E-state index in [0.29, 0.717) is 0 Å². The lowest BCUT2D eigenvalue weighted by molar-refractivity contribution is -0.386. The second-order valence-corrected chi connectivity index (χ2v) is 3.21. The number of rotatable bonds is 5. The predicted molar refractivity (Wildman–Crippen MR) is 62.2 cm³/mol. The van der Waals surface area contributed by atoms with Crippen molar-refractivity contribution in [3.63, 3.8) is 0 Å². The molecule has 1 rings (SSSR count). The Morgan fingerprint density at radius 1 is 1.39 bits per heavy atom. The smallest absolute Gasteiger partial charge is 0.338 e. The summed E-state index contributed by atoms with van der Waals surface area (Å²) in [4.78, 5) is 21.7. The van der Waals surface area contributed by atoms with Crippen LogP contribution in [0, 0.1) is 10.1 Å². The van der Waals surface area contributed by atoms with Gasteiger partial charge in [-0.3, -0.25) is 10.1 Å². The van der Waals surface area contributed by atoms with E-state index in [0.717, 1.165) is 6.07 Å². The summed E-state index contributed by atoms with van der Waals surface area (Å²) in [7, 11) is 2.53. The molecule has 18 heavy (non-hydrogen) atoms. The fourth-order valence-corrected chi connectivity index (χ4v) is 1.40. The predicted octanol–water partition coefficient (Wildman–Crippen LogP) is 1.79. The molecule has 0 aliphatic carbocycles. The molecule has 1 aromatic carbocycles. The third kappa shape index (κ3) is 2.68. The quantitative estimate of drug-likeness (QED) is 0.452. The van der Waals surface area contributed by atoms with Crippen LogP contribution in [0.15, 0.2) is 12.1 Å². The minimum atomic E-state index is -0.681. The zero-order chi connectivity index (χ0) is 13.7. The van der Waals surface area contributed by atoms with Crippen molar-refractivity contribution in [3.05, 3.63) is 27.8 Å². The largest absolute Gasteiger partial charge is 0.493 e. The van der Waals surface area contributed by atoms with Gasteiger partial charge in [0.15, 0.2) is 5.75 Å². The van der Waals surface area contributed by atoms with Crippen LogP contribution in [0.4, 0.5) is 5.69 Å². The molecule has 0 radical (unpaired) electrons. The van der Waals surface area contributed by atoms with Gasteiger partial charge in [-0.05, 0) is 13.0 Å². The van der Waals surface area contributed by atoms with Gasteiger partial charge in [0.25, 0.3) is 0 Å². The van der Waals surface area contributed by atoms with Crippen LogP contribution in [0.3, 0.4) is 0 Å². The zero-order valence-corrected chi connectivity index (χ0v) is 10.3. The first-order valence-corrected chi connectivity index (χ1v) is 5.12. The number of carbonyl (C=O) groups is 1. The molecule has 0 atom stereocenters. The monoisotopic (exact) mass is 255 g/mol. The summed E-state index contributed by atoms with van der Waals surface area (Å²) in [5.41, 5.74) is -0.305. The highest BCUT2D eigenvalue weighted by Gasteiger charge is 2.24. The minimum absolute atomic E-state index is 0.00217. The topological polar surface area (TPSA) is 87.9 Å². The molecule has 7 nitrogen and oxygen atoms in total. The maximum atomic E-state index is 11.4. The fourth-order valence-electron chi connectivity index (χ4n) is 1.40. The van der Waals surface area contributed by atoms with E-state index in [1.54, 1.807) is 6.92 Å². The first-order valence-electron chi connectivity index (χ1n) is 5.12. The molecule has 0 fully saturated rings. The van der Waals surface area contributed by atoms with Gasteiger partial charge in [-0.25, -0.2) is 4.79 Å². The summed E-state index contributed by atoms with van der Waals surface area (Å²) < 4.78 is 14.7. The van der Waals surface area contributed by atoms with Crippen LogP contribution in [-0.2, 0) is 4.74 Å². The molecule has 0 N–H and O–H groups in total. The van der Waals surface area contributed by atoms with Crippen LogP contribution in [-0.4, -0.2) is 31.7 Å². The van der Waals surface area contributed by atoms with Gasteiger partial charge in [-0.15, -0.1) is 0 Å². The lowest BCUT2D eigenvalue weighted by Gasteiger charge is -2.10. The number of hydrogen-bond acceptors (Lipinski definition) is 6. The molecule has 0 aliphatic heterocycles. The molecular weight excluding hydrogens is 242 g/mol. The van der Waals surface area contributed by atoms with Gasteiger partial charge in [0.2, 0.25) is 5.75 Å². The summed E-state index contributed by atoms with van der Waals surface area (Å²) in [6.45, 7) is 1.94. The minimum Gasteiger partial charge on any atom is -0.493 e. The third-order valence-corrected chi connectivity index (χ3v) is 2.16. The zero-order valence-electron chi connectivity index (χ0n) is 10.3. The molecule has 0 saturated heterocycles. The van der Waals surface area contributed by atoms with Crippen molar-refractivity contribution in [2.24, 2.45) is 0 Å². The first kappa shape index (κ1) is 13.8. The third-order valence-electron chi connectivity index (χ3n) is 2.16. The van der Waals surface area contributed by atoms with Gasteiger partial charge in [-0.1, -0.05) is 0 Å². The SMILES string of the molecule is CCOc1c(OC)cc(C(=O)OC)cc1[N+](=O)[O-]. The van der Waals surface area contributed by atoms with E-state index in [2.05, 4.69) is 4.74 Å². The molecular formula is C11H13NO6. The van der Waals surface area contributed by atoms with Crippen LogP contribution in [0.2, 0.25) is 0 Å². The van der Waals surface area contributed by atoms with Crippen LogP contribution < -0.4 is 9.47 Å². The molecule has 0 bridgehead atoms. The lowest BCUT2D eigenvalue weighted by Crippen LogP contribution is -2.06. The van der Waals surface area contributed by atoms with E-state index < -0.39 is 10.9 Å². The van der Waals surface area contributed by atoms with Crippen molar-refractivity contribution in [2.75, 3.05) is 20.8 Å². The number of nitro groups is 1. The van der Waals surface area contributed by atoms with Crippen molar-refractivity contribution in [3.8, 4) is 11.5 Å². The highest BCUT2D eigenvalue weighted by atomic mass is 16.6. The van der Waals surface area contributed by atoms with Crippen LogP contribution in [0.5, 0.6) is 11.5 Å². The van der Waals surface area contributed by atoms with Crippen molar-refractivity contribution in [2.45, 2.75) is 6.92 Å². The Morgan fingerprint density at radius 3 is 2.50 bits per heavy atom. The van der Waals surface area contributed by atoms with E-state index in [4.69, 9.17) is 9.47 Å². The molecule has 7 heteroatoms. The van der Waals surface area contributed by atoms with Crippen molar-refractivity contribution in [1.29, 1.82) is 0 Å². The molecule has 1 aromatic rings. The highest BCUT2D eigenvalue weighted by molar-refractivity contribution is 5.91. The Hall–Kier alpha value is -2.31. The number of nitro benzene ring substituents is 1. The van der Waals surface area contributed by atoms with Gasteiger partial charge < -0.3 is 14.2 Å². The molecule has 0 aliphatic rings. The van der Waals surface area contributed by atoms with Crippen LogP contribution >= 0.6 is 0 Å². The number of benzene rings is 1. The van der Waals surface area contributed by atoms with Gasteiger partial charge in [0.1, 0.15) is 0 Å².